The van der Waals surface area contributed by atoms with Crippen LogP contribution in [0, 0.1) is 0 Å². The summed E-state index contributed by atoms with van der Waals surface area (Å²) in [6.07, 6.45) is 4.74. The minimum Gasteiger partial charge on any atom is -0.351 e. The van der Waals surface area contributed by atoms with Crippen LogP contribution in [-0.4, -0.2) is 24.0 Å². The molecule has 0 fully saturated rings. The van der Waals surface area contributed by atoms with Crippen LogP contribution in [0.3, 0.4) is 0 Å². The minimum atomic E-state index is -0.297. The summed E-state index contributed by atoms with van der Waals surface area (Å²) in [6, 6.07) is -0.297. The van der Waals surface area contributed by atoms with E-state index < -0.39 is 0 Å². The standard InChI is InChI=1S/C9H20N2O/c1-3-5-6-7-8-11(4-2)9(10)12/h3-8H2,1-2H3,(H2,10,12). The highest BCUT2D eigenvalue weighted by molar-refractivity contribution is 5.71. The van der Waals surface area contributed by atoms with E-state index in [9.17, 15) is 4.79 Å². The Bertz CT molecular complexity index is 126. The van der Waals surface area contributed by atoms with Gasteiger partial charge in [0.1, 0.15) is 0 Å². The molecule has 3 nitrogen and oxygen atoms in total. The molecule has 0 radical (unpaired) electrons. The van der Waals surface area contributed by atoms with Crippen LogP contribution in [0.4, 0.5) is 4.79 Å². The van der Waals surface area contributed by atoms with Crippen molar-refractivity contribution in [3.05, 3.63) is 0 Å². The fraction of sp³-hybridized carbons (Fsp3) is 0.889. The number of hydrogen-bond acceptors (Lipinski definition) is 1. The Morgan fingerprint density at radius 1 is 1.25 bits per heavy atom. The molecule has 0 aliphatic heterocycles. The maximum absolute atomic E-state index is 10.7. The third-order valence-corrected chi connectivity index (χ3v) is 1.97. The zero-order valence-electron chi connectivity index (χ0n) is 8.18. The Kier molecular flexibility index (Phi) is 6.53. The lowest BCUT2D eigenvalue weighted by Crippen LogP contribution is -2.36. The van der Waals surface area contributed by atoms with Crippen LogP contribution >= 0.6 is 0 Å². The molecule has 0 saturated carbocycles. The van der Waals surface area contributed by atoms with Crippen LogP contribution in [0.2, 0.25) is 0 Å². The molecule has 0 bridgehead atoms. The van der Waals surface area contributed by atoms with Crippen molar-refractivity contribution in [1.29, 1.82) is 0 Å². The normalized spacial score (nSPS) is 9.83. The van der Waals surface area contributed by atoms with E-state index in [0.29, 0.717) is 0 Å². The predicted molar refractivity (Wildman–Crippen MR) is 51.0 cm³/mol. The van der Waals surface area contributed by atoms with Crippen molar-refractivity contribution in [3.63, 3.8) is 0 Å². The van der Waals surface area contributed by atoms with Crippen molar-refractivity contribution in [3.8, 4) is 0 Å². The monoisotopic (exact) mass is 172 g/mol. The van der Waals surface area contributed by atoms with E-state index in [1.807, 2.05) is 6.92 Å². The third-order valence-electron chi connectivity index (χ3n) is 1.97. The number of urea groups is 1. The van der Waals surface area contributed by atoms with Gasteiger partial charge in [0.2, 0.25) is 0 Å². The van der Waals surface area contributed by atoms with Crippen LogP contribution in [0.1, 0.15) is 39.5 Å². The molecule has 72 valence electrons. The smallest absolute Gasteiger partial charge is 0.314 e. The lowest BCUT2D eigenvalue weighted by Gasteiger charge is -2.17. The van der Waals surface area contributed by atoms with E-state index in [4.69, 9.17) is 5.73 Å². The van der Waals surface area contributed by atoms with Gasteiger partial charge < -0.3 is 10.6 Å². The molecule has 0 aromatic carbocycles. The lowest BCUT2D eigenvalue weighted by molar-refractivity contribution is 0.209. The SMILES string of the molecule is CCCCCCN(CC)C(N)=O. The van der Waals surface area contributed by atoms with E-state index in [1.165, 1.54) is 19.3 Å². The van der Waals surface area contributed by atoms with Gasteiger partial charge in [0.25, 0.3) is 0 Å². The van der Waals surface area contributed by atoms with Crippen molar-refractivity contribution in [2.45, 2.75) is 39.5 Å². The zero-order valence-corrected chi connectivity index (χ0v) is 8.18. The third kappa shape index (κ3) is 4.99. The summed E-state index contributed by atoms with van der Waals surface area (Å²) in [5.41, 5.74) is 5.15. The summed E-state index contributed by atoms with van der Waals surface area (Å²) < 4.78 is 0. The second-order valence-electron chi connectivity index (χ2n) is 2.98. The molecule has 2 amide bonds. The molecule has 12 heavy (non-hydrogen) atoms. The van der Waals surface area contributed by atoms with Gasteiger partial charge in [0.05, 0.1) is 0 Å². The minimum absolute atomic E-state index is 0.297. The molecule has 3 heteroatoms. The number of carbonyl (C=O) groups excluding carboxylic acids is 1. The molecule has 0 aromatic rings. The van der Waals surface area contributed by atoms with Gasteiger partial charge in [-0.05, 0) is 13.3 Å². The van der Waals surface area contributed by atoms with E-state index in [-0.39, 0.29) is 6.03 Å². The molecule has 0 spiro atoms. The molecule has 0 atom stereocenters. The lowest BCUT2D eigenvalue weighted by atomic mass is 10.2. The molecule has 0 saturated heterocycles. The highest BCUT2D eigenvalue weighted by Crippen LogP contribution is 2.00. The predicted octanol–water partition coefficient (Wildman–Crippen LogP) is 1.97. The molecule has 0 aromatic heterocycles. The van der Waals surface area contributed by atoms with Crippen molar-refractivity contribution in [2.75, 3.05) is 13.1 Å². The Labute approximate surface area is 74.9 Å². The van der Waals surface area contributed by atoms with E-state index in [2.05, 4.69) is 6.92 Å². The second kappa shape index (κ2) is 6.95. The molecule has 0 unspecified atom stereocenters. The number of primary amides is 1. The number of hydrogen-bond donors (Lipinski definition) is 1. The van der Waals surface area contributed by atoms with Crippen molar-refractivity contribution < 1.29 is 4.79 Å². The second-order valence-corrected chi connectivity index (χ2v) is 2.98. The maximum atomic E-state index is 10.7. The van der Waals surface area contributed by atoms with Crippen molar-refractivity contribution in [2.24, 2.45) is 5.73 Å². The van der Waals surface area contributed by atoms with Gasteiger partial charge >= 0.3 is 6.03 Å². The quantitative estimate of drug-likeness (QED) is 0.612. The molecule has 0 aliphatic carbocycles. The fourth-order valence-corrected chi connectivity index (χ4v) is 1.15. The van der Waals surface area contributed by atoms with Gasteiger partial charge in [-0.15, -0.1) is 0 Å². The van der Waals surface area contributed by atoms with Crippen LogP contribution in [0.15, 0.2) is 0 Å². The van der Waals surface area contributed by atoms with E-state index in [0.717, 1.165) is 19.5 Å². The first-order chi connectivity index (χ1) is 5.72. The number of amides is 2. The van der Waals surface area contributed by atoms with Crippen molar-refractivity contribution in [1.82, 2.24) is 4.90 Å². The molecule has 2 N–H and O–H groups in total. The van der Waals surface area contributed by atoms with Crippen molar-refractivity contribution >= 4 is 6.03 Å². The number of nitrogens with zero attached hydrogens (tertiary/aromatic N) is 1. The Morgan fingerprint density at radius 3 is 2.33 bits per heavy atom. The molecular formula is C9H20N2O. The van der Waals surface area contributed by atoms with Gasteiger partial charge in [0.15, 0.2) is 0 Å². The average molecular weight is 172 g/mol. The fourth-order valence-electron chi connectivity index (χ4n) is 1.15. The topological polar surface area (TPSA) is 46.3 Å². The summed E-state index contributed by atoms with van der Waals surface area (Å²) in [5, 5.41) is 0. The Balaban J connectivity index is 3.38. The first kappa shape index (κ1) is 11.3. The van der Waals surface area contributed by atoms with Crippen LogP contribution in [-0.2, 0) is 0 Å². The zero-order chi connectivity index (χ0) is 9.40. The highest BCUT2D eigenvalue weighted by Gasteiger charge is 2.04. The van der Waals surface area contributed by atoms with Crippen LogP contribution < -0.4 is 5.73 Å². The van der Waals surface area contributed by atoms with Gasteiger partial charge in [-0.2, -0.15) is 0 Å². The first-order valence-electron chi connectivity index (χ1n) is 4.76. The largest absolute Gasteiger partial charge is 0.351 e. The maximum Gasteiger partial charge on any atom is 0.314 e. The molecule has 0 rings (SSSR count). The average Bonchev–Trinajstić information content (AvgIpc) is 2.04. The van der Waals surface area contributed by atoms with Gasteiger partial charge in [0, 0.05) is 13.1 Å². The summed E-state index contributed by atoms with van der Waals surface area (Å²) in [6.45, 7) is 5.66. The highest BCUT2D eigenvalue weighted by atomic mass is 16.2. The molecule has 0 heterocycles. The van der Waals surface area contributed by atoms with Gasteiger partial charge in [-0.1, -0.05) is 26.2 Å². The van der Waals surface area contributed by atoms with Crippen LogP contribution in [0.25, 0.3) is 0 Å². The molecular weight excluding hydrogens is 152 g/mol. The number of nitrogens with two attached hydrogens (primary N) is 1. The first-order valence-corrected chi connectivity index (χ1v) is 4.76. The Morgan fingerprint density at radius 2 is 1.92 bits per heavy atom. The van der Waals surface area contributed by atoms with E-state index >= 15 is 0 Å². The van der Waals surface area contributed by atoms with Gasteiger partial charge in [-0.3, -0.25) is 0 Å². The number of rotatable bonds is 6. The molecule has 0 aliphatic rings. The number of unbranched alkanes of at least 4 members (excludes halogenated alkanes) is 3. The summed E-state index contributed by atoms with van der Waals surface area (Å²) in [4.78, 5) is 12.4. The Hall–Kier alpha value is -0.730. The van der Waals surface area contributed by atoms with Crippen LogP contribution in [0.5, 0.6) is 0 Å². The number of carbonyl (C=O) groups is 1. The summed E-state index contributed by atoms with van der Waals surface area (Å²) in [5.74, 6) is 0. The summed E-state index contributed by atoms with van der Waals surface area (Å²) >= 11 is 0. The van der Waals surface area contributed by atoms with E-state index in [1.54, 1.807) is 4.90 Å². The summed E-state index contributed by atoms with van der Waals surface area (Å²) in [7, 11) is 0. The van der Waals surface area contributed by atoms with Gasteiger partial charge in [-0.25, -0.2) is 4.79 Å².